The fourth-order valence-electron chi connectivity index (χ4n) is 3.86. The molecule has 2 aromatic carbocycles. The molecule has 0 aromatic heterocycles. The van der Waals surface area contributed by atoms with Crippen LogP contribution in [-0.4, -0.2) is 6.26 Å². The number of nitrogens with one attached hydrogen (secondary N) is 1. The Balaban J connectivity index is 1.79. The highest BCUT2D eigenvalue weighted by Crippen LogP contribution is 2.50. The van der Waals surface area contributed by atoms with Crippen molar-refractivity contribution in [3.63, 3.8) is 0 Å². The zero-order chi connectivity index (χ0) is 15.8. The van der Waals surface area contributed by atoms with Crippen LogP contribution >= 0.6 is 11.8 Å². The Labute approximate surface area is 141 Å². The molecule has 1 N–H and O–H groups in total. The van der Waals surface area contributed by atoms with Gasteiger partial charge in [-0.3, -0.25) is 0 Å². The molecule has 0 fully saturated rings. The summed E-state index contributed by atoms with van der Waals surface area (Å²) in [6.45, 7) is 0. The highest BCUT2D eigenvalue weighted by molar-refractivity contribution is 7.98. The fraction of sp³-hybridized carbons (Fsp3) is 0.250. The van der Waals surface area contributed by atoms with Gasteiger partial charge in [-0.15, -0.1) is 11.8 Å². The topological polar surface area (TPSA) is 35.8 Å². The molecule has 1 aliphatic heterocycles. The van der Waals surface area contributed by atoms with Gasteiger partial charge in [0.25, 0.3) is 0 Å². The SMILES string of the molecule is CSc1ccc(C2Nc3c(C#N)cccc3C3C=CCC32)cc1. The molecule has 1 aliphatic carbocycles. The Hall–Kier alpha value is -2.18. The summed E-state index contributed by atoms with van der Waals surface area (Å²) in [5.41, 5.74) is 4.33. The van der Waals surface area contributed by atoms with Crippen molar-refractivity contribution in [2.75, 3.05) is 11.6 Å². The molecule has 0 bridgehead atoms. The number of hydrogen-bond donors (Lipinski definition) is 1. The Morgan fingerprint density at radius 2 is 2.00 bits per heavy atom. The van der Waals surface area contributed by atoms with Crippen LogP contribution in [0.25, 0.3) is 0 Å². The number of rotatable bonds is 2. The Morgan fingerprint density at radius 1 is 1.17 bits per heavy atom. The van der Waals surface area contributed by atoms with E-state index in [0.717, 1.165) is 17.7 Å². The zero-order valence-electron chi connectivity index (χ0n) is 13.0. The largest absolute Gasteiger partial charge is 0.377 e. The van der Waals surface area contributed by atoms with Crippen molar-refractivity contribution in [1.82, 2.24) is 0 Å². The first-order valence-electron chi connectivity index (χ1n) is 7.92. The van der Waals surface area contributed by atoms with Gasteiger partial charge in [0.05, 0.1) is 17.3 Å². The number of anilines is 1. The second-order valence-corrected chi connectivity index (χ2v) is 7.01. The van der Waals surface area contributed by atoms with Crippen molar-refractivity contribution in [1.29, 1.82) is 5.26 Å². The van der Waals surface area contributed by atoms with Crippen molar-refractivity contribution < 1.29 is 0 Å². The molecule has 23 heavy (non-hydrogen) atoms. The van der Waals surface area contributed by atoms with E-state index in [1.54, 1.807) is 11.8 Å². The predicted octanol–water partition coefficient (Wildman–Crippen LogP) is 5.11. The third-order valence-electron chi connectivity index (χ3n) is 4.99. The molecule has 2 nitrogen and oxygen atoms in total. The Bertz CT molecular complexity index is 801. The summed E-state index contributed by atoms with van der Waals surface area (Å²) in [5, 5.41) is 13.1. The monoisotopic (exact) mass is 318 g/mol. The van der Waals surface area contributed by atoms with E-state index in [1.807, 2.05) is 12.1 Å². The first kappa shape index (κ1) is 14.4. The van der Waals surface area contributed by atoms with E-state index in [-0.39, 0.29) is 6.04 Å². The van der Waals surface area contributed by atoms with Crippen LogP contribution in [0.5, 0.6) is 0 Å². The van der Waals surface area contributed by atoms with Crippen LogP contribution in [-0.2, 0) is 0 Å². The van der Waals surface area contributed by atoms with Crippen LogP contribution in [0.1, 0.15) is 35.1 Å². The smallest absolute Gasteiger partial charge is 0.101 e. The van der Waals surface area contributed by atoms with Gasteiger partial charge in [0, 0.05) is 10.8 Å². The quantitative estimate of drug-likeness (QED) is 0.617. The van der Waals surface area contributed by atoms with Crippen LogP contribution in [0.3, 0.4) is 0 Å². The lowest BCUT2D eigenvalue weighted by Gasteiger charge is -2.38. The van der Waals surface area contributed by atoms with E-state index in [1.165, 1.54) is 16.0 Å². The Morgan fingerprint density at radius 3 is 2.74 bits per heavy atom. The van der Waals surface area contributed by atoms with E-state index < -0.39 is 0 Å². The number of para-hydroxylation sites is 1. The van der Waals surface area contributed by atoms with Crippen molar-refractivity contribution in [2.24, 2.45) is 5.92 Å². The minimum atomic E-state index is 0.257. The lowest BCUT2D eigenvalue weighted by atomic mass is 9.76. The van der Waals surface area contributed by atoms with Crippen molar-refractivity contribution in [2.45, 2.75) is 23.3 Å². The van der Waals surface area contributed by atoms with Gasteiger partial charge in [-0.1, -0.05) is 36.4 Å². The van der Waals surface area contributed by atoms with Crippen molar-refractivity contribution >= 4 is 17.4 Å². The number of nitriles is 1. The van der Waals surface area contributed by atoms with Gasteiger partial charge in [0.15, 0.2) is 0 Å². The van der Waals surface area contributed by atoms with Crippen molar-refractivity contribution in [3.8, 4) is 6.07 Å². The van der Waals surface area contributed by atoms with Gasteiger partial charge in [0.1, 0.15) is 6.07 Å². The first-order chi connectivity index (χ1) is 11.3. The van der Waals surface area contributed by atoms with Gasteiger partial charge in [-0.05, 0) is 47.9 Å². The molecule has 114 valence electrons. The number of nitrogens with zero attached hydrogens (tertiary/aromatic N) is 1. The molecular formula is C20H18N2S. The predicted molar refractivity (Wildman–Crippen MR) is 95.7 cm³/mol. The van der Waals surface area contributed by atoms with Crippen LogP contribution in [0.15, 0.2) is 59.5 Å². The minimum Gasteiger partial charge on any atom is -0.377 e. The molecule has 0 amide bonds. The van der Waals surface area contributed by atoms with Crippen LogP contribution in [0.4, 0.5) is 5.69 Å². The van der Waals surface area contributed by atoms with Gasteiger partial charge < -0.3 is 5.32 Å². The molecule has 0 spiro atoms. The molecule has 0 saturated carbocycles. The molecule has 2 aromatic rings. The zero-order valence-corrected chi connectivity index (χ0v) is 13.8. The van der Waals surface area contributed by atoms with Gasteiger partial charge in [0.2, 0.25) is 0 Å². The highest BCUT2D eigenvalue weighted by Gasteiger charge is 2.38. The summed E-state index contributed by atoms with van der Waals surface area (Å²) < 4.78 is 0. The van der Waals surface area contributed by atoms with E-state index in [2.05, 4.69) is 60.1 Å². The maximum absolute atomic E-state index is 9.45. The normalized spacial score (nSPS) is 24.4. The summed E-state index contributed by atoms with van der Waals surface area (Å²) in [5.74, 6) is 0.932. The summed E-state index contributed by atoms with van der Waals surface area (Å²) >= 11 is 1.76. The third kappa shape index (κ3) is 2.34. The van der Waals surface area contributed by atoms with Gasteiger partial charge in [-0.2, -0.15) is 5.26 Å². The average Bonchev–Trinajstić information content (AvgIpc) is 3.10. The third-order valence-corrected chi connectivity index (χ3v) is 5.74. The second kappa shape index (κ2) is 5.79. The molecular weight excluding hydrogens is 300 g/mol. The first-order valence-corrected chi connectivity index (χ1v) is 9.14. The lowest BCUT2D eigenvalue weighted by molar-refractivity contribution is 0.425. The summed E-state index contributed by atoms with van der Waals surface area (Å²) in [7, 11) is 0. The molecule has 2 aliphatic rings. The minimum absolute atomic E-state index is 0.257. The number of fused-ring (bicyclic) bond motifs is 3. The van der Waals surface area contributed by atoms with E-state index >= 15 is 0 Å². The maximum Gasteiger partial charge on any atom is 0.101 e. The maximum atomic E-state index is 9.45. The van der Waals surface area contributed by atoms with Gasteiger partial charge in [-0.25, -0.2) is 0 Å². The number of allylic oxidation sites excluding steroid dienone is 2. The van der Waals surface area contributed by atoms with E-state index in [9.17, 15) is 5.26 Å². The second-order valence-electron chi connectivity index (χ2n) is 6.13. The molecule has 4 rings (SSSR count). The molecule has 1 heterocycles. The molecule has 3 atom stereocenters. The van der Waals surface area contributed by atoms with Crippen LogP contribution < -0.4 is 5.32 Å². The molecule has 3 unspecified atom stereocenters. The van der Waals surface area contributed by atoms with Gasteiger partial charge >= 0.3 is 0 Å². The van der Waals surface area contributed by atoms with E-state index in [0.29, 0.717) is 11.8 Å². The Kier molecular flexibility index (Phi) is 3.63. The standard InChI is InChI=1S/C20H18N2S/c1-23-15-10-8-13(9-11-15)19-17-7-3-5-16(17)18-6-2-4-14(12-21)20(18)22-19/h2-6,8-11,16-17,19,22H,7H2,1H3. The fourth-order valence-corrected chi connectivity index (χ4v) is 4.26. The van der Waals surface area contributed by atoms with Crippen LogP contribution in [0, 0.1) is 17.2 Å². The summed E-state index contributed by atoms with van der Waals surface area (Å²) in [6, 6.07) is 17.5. The number of hydrogen-bond acceptors (Lipinski definition) is 3. The molecule has 3 heteroatoms. The van der Waals surface area contributed by atoms with E-state index in [4.69, 9.17) is 0 Å². The van der Waals surface area contributed by atoms with Crippen molar-refractivity contribution in [3.05, 3.63) is 71.3 Å². The average molecular weight is 318 g/mol. The molecule has 0 saturated heterocycles. The summed E-state index contributed by atoms with van der Waals surface area (Å²) in [4.78, 5) is 1.28. The lowest BCUT2D eigenvalue weighted by Crippen LogP contribution is -2.29. The number of thioether (sulfide) groups is 1. The summed E-state index contributed by atoms with van der Waals surface area (Å²) in [6.07, 6.45) is 7.78. The van der Waals surface area contributed by atoms with Crippen LogP contribution in [0.2, 0.25) is 0 Å². The molecule has 0 radical (unpaired) electrons. The number of benzene rings is 2. The highest BCUT2D eigenvalue weighted by atomic mass is 32.2.